The van der Waals surface area contributed by atoms with Crippen LogP contribution in [0.5, 0.6) is 0 Å². The predicted octanol–water partition coefficient (Wildman–Crippen LogP) is 3.77. The van der Waals surface area contributed by atoms with Crippen LogP contribution < -0.4 is 0 Å². The summed E-state index contributed by atoms with van der Waals surface area (Å²) >= 11 is 0. The molecule has 0 spiro atoms. The average Bonchev–Trinajstić information content (AvgIpc) is 3.12. The van der Waals surface area contributed by atoms with Gasteiger partial charge >= 0.3 is 6.08 Å². The molecule has 6 heteroatoms. The molecule has 0 bridgehead atoms. The fourth-order valence-electron chi connectivity index (χ4n) is 1.90. The molecule has 3 heterocycles. The molecule has 0 amide bonds. The van der Waals surface area contributed by atoms with Gasteiger partial charge in [0.15, 0.2) is 5.65 Å². The first-order valence-corrected chi connectivity index (χ1v) is 7.10. The van der Waals surface area contributed by atoms with Gasteiger partial charge < -0.3 is 0 Å². The molecule has 1 aromatic carbocycles. The number of aryl methyl sites for hydroxylation is 1. The third kappa shape index (κ3) is 3.46. The second kappa shape index (κ2) is 7.31. The summed E-state index contributed by atoms with van der Waals surface area (Å²) in [4.78, 5) is 3.50. The van der Waals surface area contributed by atoms with Gasteiger partial charge in [0.1, 0.15) is 0 Å². The Morgan fingerprint density at radius 2 is 1.77 bits per heavy atom. The smallest absolute Gasteiger partial charge is 0.282 e. The number of nitrogens with zero attached hydrogens (tertiary/aromatic N) is 4. The van der Waals surface area contributed by atoms with Crippen molar-refractivity contribution in [2.45, 2.75) is 20.8 Å². The zero-order chi connectivity index (χ0) is 15.9. The van der Waals surface area contributed by atoms with Gasteiger partial charge in [-0.3, -0.25) is 5.10 Å². The molecule has 5 nitrogen and oxygen atoms in total. The fourth-order valence-corrected chi connectivity index (χ4v) is 1.90. The highest BCUT2D eigenvalue weighted by Crippen LogP contribution is 2.12. The summed E-state index contributed by atoms with van der Waals surface area (Å²) < 4.78 is 13.7. The lowest BCUT2D eigenvalue weighted by Crippen LogP contribution is -1.83. The van der Waals surface area contributed by atoms with Crippen molar-refractivity contribution in [1.29, 1.82) is 0 Å². The monoisotopic (exact) mass is 299 g/mol. The number of aromatic nitrogens is 5. The molecule has 4 rings (SSSR count). The molecule has 114 valence electrons. The van der Waals surface area contributed by atoms with Gasteiger partial charge in [-0.1, -0.05) is 38.1 Å². The topological polar surface area (TPSA) is 58.9 Å². The van der Waals surface area contributed by atoms with Gasteiger partial charge in [0, 0.05) is 17.3 Å². The van der Waals surface area contributed by atoms with Crippen molar-refractivity contribution in [2.75, 3.05) is 0 Å². The van der Waals surface area contributed by atoms with E-state index in [1.165, 1.54) is 9.90 Å². The molecule has 4 aromatic rings. The van der Waals surface area contributed by atoms with Gasteiger partial charge in [-0.05, 0) is 25.1 Å². The number of nitrogens with one attached hydrogen (secondary N) is 1. The van der Waals surface area contributed by atoms with Crippen LogP contribution in [-0.4, -0.2) is 24.8 Å². The van der Waals surface area contributed by atoms with Crippen LogP contribution >= 0.6 is 0 Å². The van der Waals surface area contributed by atoms with Gasteiger partial charge in [0.2, 0.25) is 0 Å². The molecular weight excluding hydrogens is 281 g/mol. The molecule has 22 heavy (non-hydrogen) atoms. The number of halogens is 1. The van der Waals surface area contributed by atoms with Crippen LogP contribution in [0.2, 0.25) is 0 Å². The normalized spacial score (nSPS) is 9.82. The number of pyridine rings is 1. The molecule has 0 aliphatic rings. The Balaban J connectivity index is 0.000000144. The summed E-state index contributed by atoms with van der Waals surface area (Å²) in [6.07, 6.45) is 0.956. The lowest BCUT2D eigenvalue weighted by atomic mass is 10.2. The van der Waals surface area contributed by atoms with E-state index in [0.29, 0.717) is 5.65 Å². The number of rotatable bonds is 0. The molecular formula is C16H18FN5. The number of para-hydroxylation sites is 1. The maximum absolute atomic E-state index is 12.3. The second-order valence-electron chi connectivity index (χ2n) is 4.25. The summed E-state index contributed by atoms with van der Waals surface area (Å²) in [6.45, 7) is 6.02. The zero-order valence-corrected chi connectivity index (χ0v) is 12.8. The number of benzene rings is 1. The summed E-state index contributed by atoms with van der Waals surface area (Å²) in [5.74, 6) is 0. The number of H-pyrrole nitrogens is 1. The number of hydrogen-bond acceptors (Lipinski definition) is 3. The Morgan fingerprint density at radius 1 is 1.05 bits per heavy atom. The van der Waals surface area contributed by atoms with Crippen molar-refractivity contribution in [1.82, 2.24) is 24.8 Å². The van der Waals surface area contributed by atoms with Crippen LogP contribution in [0.3, 0.4) is 0 Å². The molecule has 0 atom stereocenters. The van der Waals surface area contributed by atoms with Crippen LogP contribution in [0.15, 0.2) is 48.7 Å². The van der Waals surface area contributed by atoms with Gasteiger partial charge in [-0.2, -0.15) is 14.5 Å². The zero-order valence-electron chi connectivity index (χ0n) is 12.8. The standard InChI is InChI=1S/C8H8N2.C6H4FN3.C2H6/c1-6-7-4-2-3-5-8(7)10-9-6;7-6-8-5-3-1-2-4-10(5)9-6;1-2/h2-5H,1H3,(H,9,10);1-4H;1-2H3. The number of hydrogen-bond donors (Lipinski definition) is 1. The van der Waals surface area contributed by atoms with Crippen LogP contribution in [0, 0.1) is 13.0 Å². The summed E-state index contributed by atoms with van der Waals surface area (Å²) in [6, 6.07) is 13.3. The SMILES string of the molecule is CC.Cc1[nH]nc2ccccc12.Fc1nc2ccccn2n1. The van der Waals surface area contributed by atoms with Gasteiger partial charge in [0.05, 0.1) is 5.52 Å². The Bertz CT molecular complexity index is 808. The van der Waals surface area contributed by atoms with E-state index in [9.17, 15) is 4.39 Å². The quantitative estimate of drug-likeness (QED) is 0.538. The highest BCUT2D eigenvalue weighted by molar-refractivity contribution is 5.80. The van der Waals surface area contributed by atoms with Crippen LogP contribution in [0.25, 0.3) is 16.6 Å². The van der Waals surface area contributed by atoms with Crippen LogP contribution in [-0.2, 0) is 0 Å². The maximum Gasteiger partial charge on any atom is 0.327 e. The molecule has 1 N–H and O–H groups in total. The predicted molar refractivity (Wildman–Crippen MR) is 85.1 cm³/mol. The molecule has 0 aliphatic heterocycles. The van der Waals surface area contributed by atoms with Crippen molar-refractivity contribution in [2.24, 2.45) is 0 Å². The molecule has 0 saturated carbocycles. The van der Waals surface area contributed by atoms with E-state index in [1.807, 2.05) is 39.0 Å². The molecule has 0 fully saturated rings. The minimum absolute atomic E-state index is 0.528. The largest absolute Gasteiger partial charge is 0.327 e. The van der Waals surface area contributed by atoms with Crippen molar-refractivity contribution in [3.63, 3.8) is 0 Å². The minimum atomic E-state index is -0.689. The Labute approximate surface area is 127 Å². The van der Waals surface area contributed by atoms with E-state index in [0.717, 1.165) is 11.2 Å². The highest BCUT2D eigenvalue weighted by Gasteiger charge is 1.97. The third-order valence-electron chi connectivity index (χ3n) is 2.87. The number of aromatic amines is 1. The molecule has 0 saturated heterocycles. The van der Waals surface area contributed by atoms with Crippen molar-refractivity contribution < 1.29 is 4.39 Å². The summed E-state index contributed by atoms with van der Waals surface area (Å²) in [5, 5.41) is 11.7. The van der Waals surface area contributed by atoms with Gasteiger partial charge in [0.25, 0.3) is 0 Å². The van der Waals surface area contributed by atoms with E-state index in [1.54, 1.807) is 24.4 Å². The molecule has 3 aromatic heterocycles. The average molecular weight is 299 g/mol. The third-order valence-corrected chi connectivity index (χ3v) is 2.87. The lowest BCUT2D eigenvalue weighted by Gasteiger charge is -1.84. The first-order chi connectivity index (χ1) is 10.7. The van der Waals surface area contributed by atoms with Crippen molar-refractivity contribution in [3.05, 3.63) is 60.4 Å². The molecule has 0 aliphatic carbocycles. The first-order valence-electron chi connectivity index (χ1n) is 7.10. The summed E-state index contributed by atoms with van der Waals surface area (Å²) in [7, 11) is 0. The Morgan fingerprint density at radius 3 is 2.50 bits per heavy atom. The minimum Gasteiger partial charge on any atom is -0.282 e. The van der Waals surface area contributed by atoms with Crippen molar-refractivity contribution >= 4 is 16.6 Å². The van der Waals surface area contributed by atoms with Crippen LogP contribution in [0.1, 0.15) is 19.5 Å². The van der Waals surface area contributed by atoms with E-state index >= 15 is 0 Å². The van der Waals surface area contributed by atoms with E-state index in [-0.39, 0.29) is 0 Å². The molecule has 0 unspecified atom stereocenters. The maximum atomic E-state index is 12.3. The Hall–Kier alpha value is -2.76. The van der Waals surface area contributed by atoms with Crippen LogP contribution in [0.4, 0.5) is 4.39 Å². The van der Waals surface area contributed by atoms with Gasteiger partial charge in [-0.15, -0.1) is 5.10 Å². The Kier molecular flexibility index (Phi) is 5.19. The highest BCUT2D eigenvalue weighted by atomic mass is 19.1. The first kappa shape index (κ1) is 15.6. The summed E-state index contributed by atoms with van der Waals surface area (Å²) in [5.41, 5.74) is 2.70. The second-order valence-corrected chi connectivity index (χ2v) is 4.25. The van der Waals surface area contributed by atoms with E-state index in [2.05, 4.69) is 26.3 Å². The lowest BCUT2D eigenvalue weighted by molar-refractivity contribution is 0.539. The van der Waals surface area contributed by atoms with Crippen molar-refractivity contribution in [3.8, 4) is 0 Å². The van der Waals surface area contributed by atoms with Gasteiger partial charge in [-0.25, -0.2) is 4.52 Å². The van der Waals surface area contributed by atoms with E-state index < -0.39 is 6.08 Å². The molecule has 0 radical (unpaired) electrons. The number of fused-ring (bicyclic) bond motifs is 2. The van der Waals surface area contributed by atoms with E-state index in [4.69, 9.17) is 0 Å². The fraction of sp³-hybridized carbons (Fsp3) is 0.188.